The quantitative estimate of drug-likeness (QED) is 0.665. The van der Waals surface area contributed by atoms with Gasteiger partial charge < -0.3 is 4.90 Å². The number of aryl methyl sites for hydroxylation is 1. The molecular formula is C14H16INO. The standard InChI is InChI=1S/C14H16INO/c1-16-13-6-2-9-8-10(15)3-4-11(9)12(13)5-7-14(16)17/h3-4,8,12-13H,2,5-7H2,1H3. The first-order valence-corrected chi connectivity index (χ1v) is 7.28. The van der Waals surface area contributed by atoms with Gasteiger partial charge in [0.2, 0.25) is 5.91 Å². The van der Waals surface area contributed by atoms with Gasteiger partial charge in [0.05, 0.1) is 0 Å². The summed E-state index contributed by atoms with van der Waals surface area (Å²) >= 11 is 2.38. The number of carbonyl (C=O) groups is 1. The van der Waals surface area contributed by atoms with Crippen LogP contribution in [0.3, 0.4) is 0 Å². The number of halogens is 1. The summed E-state index contributed by atoms with van der Waals surface area (Å²) in [6.07, 6.45) is 3.98. The highest BCUT2D eigenvalue weighted by molar-refractivity contribution is 14.1. The van der Waals surface area contributed by atoms with Gasteiger partial charge in [0, 0.05) is 29.0 Å². The first kappa shape index (κ1) is 11.5. The maximum Gasteiger partial charge on any atom is 0.222 e. The van der Waals surface area contributed by atoms with Gasteiger partial charge in [-0.05, 0) is 65.1 Å². The fraction of sp³-hybridized carbons (Fsp3) is 0.500. The van der Waals surface area contributed by atoms with Gasteiger partial charge in [0.25, 0.3) is 0 Å². The van der Waals surface area contributed by atoms with Crippen molar-refractivity contribution < 1.29 is 4.79 Å². The SMILES string of the molecule is CN1C(=O)CCC2c3ccc(I)cc3CCC21. The van der Waals surface area contributed by atoms with Crippen LogP contribution in [0.1, 0.15) is 36.3 Å². The Morgan fingerprint density at radius 1 is 1.29 bits per heavy atom. The minimum atomic E-state index is 0.320. The van der Waals surface area contributed by atoms with Crippen molar-refractivity contribution in [2.75, 3.05) is 7.05 Å². The van der Waals surface area contributed by atoms with Crippen molar-refractivity contribution in [3.8, 4) is 0 Å². The molecular weight excluding hydrogens is 325 g/mol. The Labute approximate surface area is 116 Å². The van der Waals surface area contributed by atoms with Crippen LogP contribution in [0, 0.1) is 3.57 Å². The second-order valence-electron chi connectivity index (χ2n) is 5.10. The number of nitrogens with zero attached hydrogens (tertiary/aromatic N) is 1. The summed E-state index contributed by atoms with van der Waals surface area (Å²) in [7, 11) is 1.97. The maximum atomic E-state index is 11.7. The number of likely N-dealkylation sites (N-methyl/N-ethyl adjacent to an activating group) is 1. The van der Waals surface area contributed by atoms with Crippen LogP contribution >= 0.6 is 22.6 Å². The normalized spacial score (nSPS) is 27.6. The van der Waals surface area contributed by atoms with Gasteiger partial charge in [0.15, 0.2) is 0 Å². The fourth-order valence-corrected chi connectivity index (χ4v) is 3.87. The summed E-state index contributed by atoms with van der Waals surface area (Å²) in [5.74, 6) is 0.888. The highest BCUT2D eigenvalue weighted by atomic mass is 127. The van der Waals surface area contributed by atoms with Gasteiger partial charge in [0.1, 0.15) is 0 Å². The van der Waals surface area contributed by atoms with E-state index in [-0.39, 0.29) is 0 Å². The van der Waals surface area contributed by atoms with E-state index in [2.05, 4.69) is 40.8 Å². The third-order valence-electron chi connectivity index (χ3n) is 4.24. The van der Waals surface area contributed by atoms with Crippen LogP contribution in [0.15, 0.2) is 18.2 Å². The van der Waals surface area contributed by atoms with Crippen LogP contribution in [0.25, 0.3) is 0 Å². The number of hydrogen-bond donors (Lipinski definition) is 0. The van der Waals surface area contributed by atoms with E-state index in [9.17, 15) is 4.79 Å². The van der Waals surface area contributed by atoms with E-state index >= 15 is 0 Å². The average Bonchev–Trinajstić information content (AvgIpc) is 2.33. The Bertz CT molecular complexity index is 471. The van der Waals surface area contributed by atoms with E-state index in [1.54, 1.807) is 0 Å². The van der Waals surface area contributed by atoms with Crippen LogP contribution in [0.2, 0.25) is 0 Å². The number of fused-ring (bicyclic) bond motifs is 3. The molecule has 3 rings (SSSR count). The Morgan fingerprint density at radius 3 is 2.94 bits per heavy atom. The van der Waals surface area contributed by atoms with Gasteiger partial charge in [-0.15, -0.1) is 0 Å². The Kier molecular flexibility index (Phi) is 2.89. The Morgan fingerprint density at radius 2 is 2.12 bits per heavy atom. The number of likely N-dealkylation sites (tertiary alicyclic amines) is 1. The van der Waals surface area contributed by atoms with Gasteiger partial charge in [-0.1, -0.05) is 6.07 Å². The minimum Gasteiger partial charge on any atom is -0.342 e. The molecule has 2 aliphatic rings. The van der Waals surface area contributed by atoms with Gasteiger partial charge >= 0.3 is 0 Å². The summed E-state index contributed by atoms with van der Waals surface area (Å²) in [6.45, 7) is 0. The predicted molar refractivity (Wildman–Crippen MR) is 76.0 cm³/mol. The van der Waals surface area contributed by atoms with Crippen molar-refractivity contribution in [3.63, 3.8) is 0 Å². The number of piperidine rings is 1. The van der Waals surface area contributed by atoms with Crippen LogP contribution in [0.4, 0.5) is 0 Å². The van der Waals surface area contributed by atoms with Crippen LogP contribution in [0.5, 0.6) is 0 Å². The topological polar surface area (TPSA) is 20.3 Å². The molecule has 1 fully saturated rings. The molecule has 2 nitrogen and oxygen atoms in total. The number of carbonyl (C=O) groups excluding carboxylic acids is 1. The second kappa shape index (κ2) is 4.26. The molecule has 2 unspecified atom stereocenters. The Balaban J connectivity index is 1.99. The lowest BCUT2D eigenvalue weighted by Crippen LogP contribution is -2.47. The van der Waals surface area contributed by atoms with E-state index in [4.69, 9.17) is 0 Å². The van der Waals surface area contributed by atoms with E-state index in [0.29, 0.717) is 24.3 Å². The van der Waals surface area contributed by atoms with E-state index in [0.717, 1.165) is 19.3 Å². The first-order chi connectivity index (χ1) is 8.16. The molecule has 1 aromatic carbocycles. The largest absolute Gasteiger partial charge is 0.342 e. The van der Waals surface area contributed by atoms with Gasteiger partial charge in [-0.2, -0.15) is 0 Å². The zero-order valence-electron chi connectivity index (χ0n) is 9.95. The zero-order chi connectivity index (χ0) is 12.0. The molecule has 17 heavy (non-hydrogen) atoms. The smallest absolute Gasteiger partial charge is 0.222 e. The number of hydrogen-bond acceptors (Lipinski definition) is 1. The number of amides is 1. The van der Waals surface area contributed by atoms with Gasteiger partial charge in [-0.3, -0.25) is 4.79 Å². The summed E-state index contributed by atoms with van der Waals surface area (Å²) in [5, 5.41) is 0. The van der Waals surface area contributed by atoms with Crippen LogP contribution < -0.4 is 0 Å². The zero-order valence-corrected chi connectivity index (χ0v) is 12.1. The van der Waals surface area contributed by atoms with Crippen molar-refractivity contribution in [1.29, 1.82) is 0 Å². The molecule has 1 aliphatic heterocycles. The molecule has 2 atom stereocenters. The highest BCUT2D eigenvalue weighted by Gasteiger charge is 2.37. The molecule has 0 spiro atoms. The number of rotatable bonds is 0. The molecule has 1 heterocycles. The molecule has 3 heteroatoms. The Hall–Kier alpha value is -0.580. The highest BCUT2D eigenvalue weighted by Crippen LogP contribution is 2.40. The summed E-state index contributed by atoms with van der Waals surface area (Å²) < 4.78 is 1.32. The molecule has 0 aromatic heterocycles. The fourth-order valence-electron chi connectivity index (χ4n) is 3.32. The molecule has 1 aromatic rings. The molecule has 1 aliphatic carbocycles. The molecule has 0 saturated carbocycles. The molecule has 0 N–H and O–H groups in total. The van der Waals surface area contributed by atoms with Crippen molar-refractivity contribution in [1.82, 2.24) is 4.90 Å². The summed E-state index contributed by atoms with van der Waals surface area (Å²) in [6, 6.07) is 7.21. The maximum absolute atomic E-state index is 11.7. The lowest BCUT2D eigenvalue weighted by molar-refractivity contribution is -0.135. The van der Waals surface area contributed by atoms with Crippen LogP contribution in [-0.4, -0.2) is 23.9 Å². The van der Waals surface area contributed by atoms with Crippen molar-refractivity contribution >= 4 is 28.5 Å². The lowest BCUT2D eigenvalue weighted by atomic mass is 9.74. The third kappa shape index (κ3) is 1.88. The summed E-state index contributed by atoms with van der Waals surface area (Å²) in [4.78, 5) is 13.7. The molecule has 90 valence electrons. The van der Waals surface area contributed by atoms with E-state index < -0.39 is 0 Å². The molecule has 1 amide bonds. The van der Waals surface area contributed by atoms with Crippen molar-refractivity contribution in [3.05, 3.63) is 32.9 Å². The summed E-state index contributed by atoms with van der Waals surface area (Å²) in [5.41, 5.74) is 2.99. The lowest BCUT2D eigenvalue weighted by Gasteiger charge is -2.43. The third-order valence-corrected chi connectivity index (χ3v) is 4.91. The predicted octanol–water partition coefficient (Wildman–Crippen LogP) is 2.94. The second-order valence-corrected chi connectivity index (χ2v) is 6.34. The minimum absolute atomic E-state index is 0.320. The van der Waals surface area contributed by atoms with Crippen LogP contribution in [-0.2, 0) is 11.2 Å². The molecule has 0 bridgehead atoms. The van der Waals surface area contributed by atoms with E-state index in [1.165, 1.54) is 14.7 Å². The van der Waals surface area contributed by atoms with Gasteiger partial charge in [-0.25, -0.2) is 0 Å². The van der Waals surface area contributed by atoms with Crippen molar-refractivity contribution in [2.24, 2.45) is 0 Å². The number of benzene rings is 1. The first-order valence-electron chi connectivity index (χ1n) is 6.21. The molecule has 1 saturated heterocycles. The monoisotopic (exact) mass is 341 g/mol. The van der Waals surface area contributed by atoms with E-state index in [1.807, 2.05) is 11.9 Å². The van der Waals surface area contributed by atoms with Crippen molar-refractivity contribution in [2.45, 2.75) is 37.6 Å². The molecule has 0 radical (unpaired) electrons. The average molecular weight is 341 g/mol.